The van der Waals surface area contributed by atoms with Gasteiger partial charge in [0.05, 0.1) is 16.1 Å². The average Bonchev–Trinajstić information content (AvgIpc) is 2.68. The van der Waals surface area contributed by atoms with E-state index >= 15 is 0 Å². The molecule has 1 atom stereocenters. The molecular weight excluding hydrogens is 261 g/mol. The van der Waals surface area contributed by atoms with Crippen molar-refractivity contribution in [1.82, 2.24) is 0 Å². The Balaban J connectivity index is 2.46. The zero-order valence-electron chi connectivity index (χ0n) is 8.71. The smallest absolute Gasteiger partial charge is 0.0663 e. The van der Waals surface area contributed by atoms with E-state index in [9.17, 15) is 0 Å². The van der Waals surface area contributed by atoms with Gasteiger partial charge in [-0.2, -0.15) is 0 Å². The molecule has 0 fully saturated rings. The first-order chi connectivity index (χ1) is 7.61. The molecule has 2 rings (SSSR count). The molecule has 0 amide bonds. The maximum atomic E-state index is 6.20. The van der Waals surface area contributed by atoms with Gasteiger partial charge in [0.2, 0.25) is 0 Å². The van der Waals surface area contributed by atoms with Gasteiger partial charge >= 0.3 is 0 Å². The number of nitrogens with two attached hydrogens (primary N) is 1. The van der Waals surface area contributed by atoms with Crippen molar-refractivity contribution >= 4 is 34.5 Å². The van der Waals surface area contributed by atoms with Crippen LogP contribution in [0, 0.1) is 6.92 Å². The van der Waals surface area contributed by atoms with Gasteiger partial charge in [0.1, 0.15) is 0 Å². The fraction of sp³-hybridized carbons (Fsp3) is 0.167. The van der Waals surface area contributed by atoms with Gasteiger partial charge in [0.25, 0.3) is 0 Å². The summed E-state index contributed by atoms with van der Waals surface area (Å²) < 4.78 is 0. The summed E-state index contributed by atoms with van der Waals surface area (Å²) in [6.45, 7) is 2.05. The summed E-state index contributed by atoms with van der Waals surface area (Å²) in [5, 5.41) is 3.12. The van der Waals surface area contributed by atoms with Gasteiger partial charge in [-0.05, 0) is 35.6 Å². The Kier molecular flexibility index (Phi) is 3.55. The molecule has 1 aromatic carbocycles. The minimum Gasteiger partial charge on any atom is -0.320 e. The molecule has 1 aromatic heterocycles. The molecule has 0 aliphatic carbocycles. The van der Waals surface area contributed by atoms with Gasteiger partial charge in [-0.25, -0.2) is 0 Å². The minimum absolute atomic E-state index is 0.203. The molecule has 2 aromatic rings. The predicted molar refractivity (Wildman–Crippen MR) is 71.5 cm³/mol. The SMILES string of the molecule is Cc1ccsc1C(N)c1cccc(Cl)c1Cl. The molecule has 16 heavy (non-hydrogen) atoms. The molecule has 0 saturated heterocycles. The van der Waals surface area contributed by atoms with E-state index in [1.807, 2.05) is 24.4 Å². The molecule has 1 nitrogen and oxygen atoms in total. The van der Waals surface area contributed by atoms with Crippen LogP contribution in [0.5, 0.6) is 0 Å². The number of aryl methyl sites for hydroxylation is 1. The summed E-state index contributed by atoms with van der Waals surface area (Å²) in [4.78, 5) is 1.13. The van der Waals surface area contributed by atoms with Crippen molar-refractivity contribution in [1.29, 1.82) is 0 Å². The van der Waals surface area contributed by atoms with Crippen LogP contribution in [0.25, 0.3) is 0 Å². The maximum absolute atomic E-state index is 6.20. The van der Waals surface area contributed by atoms with Crippen molar-refractivity contribution in [3.63, 3.8) is 0 Å². The average molecular weight is 272 g/mol. The zero-order chi connectivity index (χ0) is 11.7. The van der Waals surface area contributed by atoms with Crippen molar-refractivity contribution in [3.8, 4) is 0 Å². The summed E-state index contributed by atoms with van der Waals surface area (Å²) >= 11 is 13.8. The van der Waals surface area contributed by atoms with Gasteiger partial charge < -0.3 is 5.73 Å². The molecule has 2 N–H and O–H groups in total. The molecule has 0 aliphatic heterocycles. The summed E-state index contributed by atoms with van der Waals surface area (Å²) in [6, 6.07) is 7.40. The van der Waals surface area contributed by atoms with E-state index in [0.717, 1.165) is 10.4 Å². The molecule has 1 unspecified atom stereocenters. The molecule has 1 heterocycles. The van der Waals surface area contributed by atoms with Crippen LogP contribution >= 0.6 is 34.5 Å². The van der Waals surface area contributed by atoms with Gasteiger partial charge in [-0.15, -0.1) is 11.3 Å². The number of hydrogen-bond donors (Lipinski definition) is 1. The van der Waals surface area contributed by atoms with E-state index in [-0.39, 0.29) is 6.04 Å². The zero-order valence-corrected chi connectivity index (χ0v) is 11.0. The fourth-order valence-corrected chi connectivity index (χ4v) is 2.98. The highest BCUT2D eigenvalue weighted by Gasteiger charge is 2.16. The van der Waals surface area contributed by atoms with Crippen LogP contribution in [0.4, 0.5) is 0 Å². The largest absolute Gasteiger partial charge is 0.320 e. The Hall–Kier alpha value is -0.540. The number of rotatable bonds is 2. The van der Waals surface area contributed by atoms with Crippen molar-refractivity contribution in [2.45, 2.75) is 13.0 Å². The van der Waals surface area contributed by atoms with Crippen molar-refractivity contribution in [2.24, 2.45) is 5.73 Å². The van der Waals surface area contributed by atoms with Gasteiger partial charge in [-0.3, -0.25) is 0 Å². The van der Waals surface area contributed by atoms with Crippen LogP contribution < -0.4 is 5.73 Å². The standard InChI is InChI=1S/C12H11Cl2NS/c1-7-5-6-16-12(7)11(15)8-3-2-4-9(13)10(8)14/h2-6,11H,15H2,1H3. The lowest BCUT2D eigenvalue weighted by Crippen LogP contribution is -2.11. The maximum Gasteiger partial charge on any atom is 0.0663 e. The van der Waals surface area contributed by atoms with E-state index in [4.69, 9.17) is 28.9 Å². The second-order valence-electron chi connectivity index (χ2n) is 3.59. The summed E-state index contributed by atoms with van der Waals surface area (Å²) in [5.41, 5.74) is 8.26. The molecule has 0 aliphatic rings. The monoisotopic (exact) mass is 271 g/mol. The van der Waals surface area contributed by atoms with Gasteiger partial charge in [0.15, 0.2) is 0 Å². The normalized spacial score (nSPS) is 12.8. The number of benzene rings is 1. The second-order valence-corrected chi connectivity index (χ2v) is 5.32. The second kappa shape index (κ2) is 4.76. The summed E-state index contributed by atoms with van der Waals surface area (Å²) in [7, 11) is 0. The highest BCUT2D eigenvalue weighted by molar-refractivity contribution is 7.10. The van der Waals surface area contributed by atoms with Crippen LogP contribution in [0.1, 0.15) is 22.0 Å². The molecule has 84 valence electrons. The van der Waals surface area contributed by atoms with Crippen LogP contribution in [-0.2, 0) is 0 Å². The molecule has 4 heteroatoms. The fourth-order valence-electron chi connectivity index (χ4n) is 1.60. The lowest BCUT2D eigenvalue weighted by molar-refractivity contribution is 0.885. The number of halogens is 2. The third-order valence-corrected chi connectivity index (χ3v) is 4.44. The third kappa shape index (κ3) is 2.11. The van der Waals surface area contributed by atoms with E-state index in [0.29, 0.717) is 10.0 Å². The first kappa shape index (κ1) is 11.9. The van der Waals surface area contributed by atoms with Crippen LogP contribution in [-0.4, -0.2) is 0 Å². The van der Waals surface area contributed by atoms with Crippen molar-refractivity contribution < 1.29 is 0 Å². The minimum atomic E-state index is -0.203. The Morgan fingerprint density at radius 1 is 1.25 bits per heavy atom. The Morgan fingerprint density at radius 3 is 2.62 bits per heavy atom. The highest BCUT2D eigenvalue weighted by atomic mass is 35.5. The summed E-state index contributed by atoms with van der Waals surface area (Å²) in [6.07, 6.45) is 0. The molecule has 0 saturated carbocycles. The lowest BCUT2D eigenvalue weighted by atomic mass is 10.0. The Morgan fingerprint density at radius 2 is 2.00 bits per heavy atom. The van der Waals surface area contributed by atoms with E-state index in [1.165, 1.54) is 5.56 Å². The Bertz CT molecular complexity index is 507. The topological polar surface area (TPSA) is 26.0 Å². The molecule has 0 spiro atoms. The van der Waals surface area contributed by atoms with Crippen molar-refractivity contribution in [3.05, 3.63) is 55.7 Å². The number of hydrogen-bond acceptors (Lipinski definition) is 2. The van der Waals surface area contributed by atoms with Crippen LogP contribution in [0.3, 0.4) is 0 Å². The van der Waals surface area contributed by atoms with E-state index in [2.05, 4.69) is 6.07 Å². The molecule has 0 radical (unpaired) electrons. The van der Waals surface area contributed by atoms with E-state index in [1.54, 1.807) is 17.4 Å². The molecular formula is C12H11Cl2NS. The van der Waals surface area contributed by atoms with E-state index < -0.39 is 0 Å². The Labute approximate surface area is 109 Å². The number of thiophene rings is 1. The van der Waals surface area contributed by atoms with Gasteiger partial charge in [0, 0.05) is 4.88 Å². The lowest BCUT2D eigenvalue weighted by Gasteiger charge is -2.14. The van der Waals surface area contributed by atoms with Crippen LogP contribution in [0.2, 0.25) is 10.0 Å². The van der Waals surface area contributed by atoms with Gasteiger partial charge in [-0.1, -0.05) is 35.3 Å². The summed E-state index contributed by atoms with van der Waals surface area (Å²) in [5.74, 6) is 0. The highest BCUT2D eigenvalue weighted by Crippen LogP contribution is 2.34. The first-order valence-corrected chi connectivity index (χ1v) is 6.48. The first-order valence-electron chi connectivity index (χ1n) is 4.84. The predicted octanol–water partition coefficient (Wildman–Crippen LogP) is 4.41. The third-order valence-electron chi connectivity index (χ3n) is 2.50. The van der Waals surface area contributed by atoms with Crippen molar-refractivity contribution in [2.75, 3.05) is 0 Å². The van der Waals surface area contributed by atoms with Crippen LogP contribution in [0.15, 0.2) is 29.6 Å². The quantitative estimate of drug-likeness (QED) is 0.860. The molecule has 0 bridgehead atoms.